The first-order chi connectivity index (χ1) is 11.8. The van der Waals surface area contributed by atoms with E-state index in [1.54, 1.807) is 13.8 Å². The number of nitrogens with zero attached hydrogens (tertiary/aromatic N) is 3. The molecule has 1 fully saturated rings. The molecular weight excluding hydrogens is 349 g/mol. The molecular formula is C15H20FN5O3S. The van der Waals surface area contributed by atoms with E-state index in [1.807, 2.05) is 0 Å². The molecule has 0 bridgehead atoms. The zero-order valence-electron chi connectivity index (χ0n) is 14.0. The van der Waals surface area contributed by atoms with Crippen LogP contribution in [0.4, 0.5) is 4.39 Å². The predicted octanol–water partition coefficient (Wildman–Crippen LogP) is 1.62. The number of rotatable bonds is 5. The molecule has 10 heteroatoms. The summed E-state index contributed by atoms with van der Waals surface area (Å²) in [5.74, 6) is -0.518. The van der Waals surface area contributed by atoms with E-state index < -0.39 is 15.8 Å². The number of hydrogen-bond donors (Lipinski definition) is 2. The molecule has 1 aliphatic rings. The molecule has 3 rings (SSSR count). The van der Waals surface area contributed by atoms with Crippen LogP contribution in [0.25, 0.3) is 0 Å². The molecule has 8 nitrogen and oxygen atoms in total. The Labute approximate surface area is 145 Å². The molecule has 0 unspecified atom stereocenters. The second-order valence-corrected chi connectivity index (χ2v) is 7.81. The van der Waals surface area contributed by atoms with E-state index in [-0.39, 0.29) is 23.1 Å². The highest BCUT2D eigenvalue weighted by atomic mass is 32.2. The van der Waals surface area contributed by atoms with Gasteiger partial charge in [0.15, 0.2) is 5.82 Å². The molecule has 0 spiro atoms. The first-order valence-electron chi connectivity index (χ1n) is 8.03. The Kier molecular flexibility index (Phi) is 5.00. The zero-order chi connectivity index (χ0) is 18.0. The van der Waals surface area contributed by atoms with Crippen molar-refractivity contribution in [3.63, 3.8) is 0 Å². The van der Waals surface area contributed by atoms with Gasteiger partial charge in [0.25, 0.3) is 0 Å². The Morgan fingerprint density at radius 1 is 1.20 bits per heavy atom. The molecule has 2 N–H and O–H groups in total. The van der Waals surface area contributed by atoms with Crippen molar-refractivity contribution >= 4 is 10.0 Å². The molecule has 2 aromatic rings. The number of sulfonamides is 1. The van der Waals surface area contributed by atoms with E-state index in [0.717, 1.165) is 12.4 Å². The van der Waals surface area contributed by atoms with Gasteiger partial charge in [-0.1, -0.05) is 0 Å². The van der Waals surface area contributed by atoms with Crippen LogP contribution in [0, 0.1) is 19.7 Å². The molecule has 1 saturated carbocycles. The first kappa shape index (κ1) is 17.7. The Morgan fingerprint density at radius 2 is 1.84 bits per heavy atom. The smallest absolute Gasteiger partial charge is 0.316 e. The van der Waals surface area contributed by atoms with Crippen LogP contribution in [0.1, 0.15) is 37.1 Å². The van der Waals surface area contributed by atoms with Gasteiger partial charge in [0.05, 0.1) is 23.8 Å². The maximum atomic E-state index is 12.8. The van der Waals surface area contributed by atoms with E-state index in [9.17, 15) is 12.8 Å². The molecule has 2 aromatic heterocycles. The van der Waals surface area contributed by atoms with E-state index in [2.05, 4.69) is 24.9 Å². The third kappa shape index (κ3) is 4.13. The summed E-state index contributed by atoms with van der Waals surface area (Å²) in [6.07, 6.45) is 4.61. The summed E-state index contributed by atoms with van der Waals surface area (Å²) in [4.78, 5) is 7.76. The summed E-state index contributed by atoms with van der Waals surface area (Å²) >= 11 is 0. The van der Waals surface area contributed by atoms with Crippen LogP contribution in [-0.4, -0.2) is 40.7 Å². The molecule has 136 valence electrons. The van der Waals surface area contributed by atoms with Gasteiger partial charge in [-0.25, -0.2) is 27.5 Å². The van der Waals surface area contributed by atoms with Crippen LogP contribution >= 0.6 is 0 Å². The van der Waals surface area contributed by atoms with Gasteiger partial charge in [-0.3, -0.25) is 5.10 Å². The number of ether oxygens (including phenoxy) is 1. The van der Waals surface area contributed by atoms with Crippen LogP contribution in [0.3, 0.4) is 0 Å². The van der Waals surface area contributed by atoms with Gasteiger partial charge in [-0.15, -0.1) is 0 Å². The molecule has 2 heterocycles. The minimum Gasteiger partial charge on any atom is -0.460 e. The van der Waals surface area contributed by atoms with Gasteiger partial charge >= 0.3 is 6.01 Å². The highest BCUT2D eigenvalue weighted by molar-refractivity contribution is 7.89. The van der Waals surface area contributed by atoms with Crippen molar-refractivity contribution in [1.29, 1.82) is 0 Å². The zero-order valence-corrected chi connectivity index (χ0v) is 14.8. The third-order valence-electron chi connectivity index (χ3n) is 4.19. The van der Waals surface area contributed by atoms with Gasteiger partial charge in [-0.05, 0) is 39.5 Å². The first-order valence-corrected chi connectivity index (χ1v) is 9.51. The Hall–Kier alpha value is -2.07. The standard InChI is InChI=1S/C15H20FN5O3S/c1-9-14(10(2)20-19-9)25(22,23)21-12-3-5-13(6-4-12)24-15-17-7-11(16)8-18-15/h7-8,12-13,21H,3-6H2,1-2H3,(H,19,20). The summed E-state index contributed by atoms with van der Waals surface area (Å²) in [6, 6.07) is -0.0252. The highest BCUT2D eigenvalue weighted by Crippen LogP contribution is 2.24. The average molecular weight is 369 g/mol. The fourth-order valence-electron chi connectivity index (χ4n) is 3.02. The third-order valence-corrected chi connectivity index (χ3v) is 5.98. The van der Waals surface area contributed by atoms with Crippen molar-refractivity contribution in [3.05, 3.63) is 29.6 Å². The largest absolute Gasteiger partial charge is 0.460 e. The lowest BCUT2D eigenvalue weighted by Gasteiger charge is -2.28. The van der Waals surface area contributed by atoms with Crippen molar-refractivity contribution in [2.45, 2.75) is 56.6 Å². The van der Waals surface area contributed by atoms with Crippen LogP contribution in [0.2, 0.25) is 0 Å². The molecule has 25 heavy (non-hydrogen) atoms. The maximum absolute atomic E-state index is 12.8. The van der Waals surface area contributed by atoms with Crippen LogP contribution in [0.15, 0.2) is 17.3 Å². The second kappa shape index (κ2) is 7.04. The van der Waals surface area contributed by atoms with E-state index in [0.29, 0.717) is 37.1 Å². The van der Waals surface area contributed by atoms with Crippen molar-refractivity contribution in [1.82, 2.24) is 24.9 Å². The summed E-state index contributed by atoms with van der Waals surface area (Å²) in [7, 11) is -3.61. The molecule has 0 radical (unpaired) electrons. The van der Waals surface area contributed by atoms with E-state index >= 15 is 0 Å². The lowest BCUT2D eigenvalue weighted by Crippen LogP contribution is -2.40. The quantitative estimate of drug-likeness (QED) is 0.829. The topological polar surface area (TPSA) is 110 Å². The van der Waals surface area contributed by atoms with Crippen molar-refractivity contribution in [3.8, 4) is 6.01 Å². The number of H-pyrrole nitrogens is 1. The lowest BCUT2D eigenvalue weighted by molar-refractivity contribution is 0.132. The maximum Gasteiger partial charge on any atom is 0.316 e. The predicted molar refractivity (Wildman–Crippen MR) is 87.0 cm³/mol. The van der Waals surface area contributed by atoms with Gasteiger partial charge in [0.1, 0.15) is 11.0 Å². The minimum atomic E-state index is -3.61. The molecule has 0 saturated heterocycles. The summed E-state index contributed by atoms with van der Waals surface area (Å²) in [6.45, 7) is 3.34. The van der Waals surface area contributed by atoms with E-state index in [1.165, 1.54) is 0 Å². The normalized spacial score (nSPS) is 21.2. The highest BCUT2D eigenvalue weighted by Gasteiger charge is 2.29. The van der Waals surface area contributed by atoms with Gasteiger partial charge in [-0.2, -0.15) is 5.10 Å². The Morgan fingerprint density at radius 3 is 2.40 bits per heavy atom. The Balaban J connectivity index is 1.56. The average Bonchev–Trinajstić information content (AvgIpc) is 2.91. The monoisotopic (exact) mass is 369 g/mol. The number of aromatic nitrogens is 4. The van der Waals surface area contributed by atoms with Crippen molar-refractivity contribution in [2.24, 2.45) is 0 Å². The number of aryl methyl sites for hydroxylation is 2. The summed E-state index contributed by atoms with van der Waals surface area (Å²) in [5, 5.41) is 6.62. The van der Waals surface area contributed by atoms with Gasteiger partial charge in [0.2, 0.25) is 10.0 Å². The number of aromatic amines is 1. The minimum absolute atomic E-state index is 0.108. The SMILES string of the molecule is Cc1n[nH]c(C)c1S(=O)(=O)NC1CCC(Oc2ncc(F)cn2)CC1. The molecule has 0 atom stereocenters. The van der Waals surface area contributed by atoms with Crippen molar-refractivity contribution < 1.29 is 17.5 Å². The number of nitrogens with one attached hydrogen (secondary N) is 2. The lowest BCUT2D eigenvalue weighted by atomic mass is 9.94. The fourth-order valence-corrected chi connectivity index (χ4v) is 4.70. The number of hydrogen-bond acceptors (Lipinski definition) is 6. The molecule has 1 aliphatic carbocycles. The van der Waals surface area contributed by atoms with Gasteiger partial charge < -0.3 is 4.74 Å². The summed E-state index contributed by atoms with van der Waals surface area (Å²) in [5.41, 5.74) is 0.978. The van der Waals surface area contributed by atoms with Crippen LogP contribution < -0.4 is 9.46 Å². The second-order valence-electron chi connectivity index (χ2n) is 6.16. The fraction of sp³-hybridized carbons (Fsp3) is 0.533. The van der Waals surface area contributed by atoms with Crippen molar-refractivity contribution in [2.75, 3.05) is 0 Å². The van der Waals surface area contributed by atoms with E-state index in [4.69, 9.17) is 4.74 Å². The van der Waals surface area contributed by atoms with Crippen LogP contribution in [0.5, 0.6) is 6.01 Å². The van der Waals surface area contributed by atoms with Crippen LogP contribution in [-0.2, 0) is 10.0 Å². The Bertz CT molecular complexity index is 810. The molecule has 0 aromatic carbocycles. The molecule has 0 aliphatic heterocycles. The molecule has 0 amide bonds. The summed E-state index contributed by atoms with van der Waals surface area (Å²) < 4.78 is 46.3. The number of halogens is 1. The van der Waals surface area contributed by atoms with Gasteiger partial charge in [0, 0.05) is 6.04 Å².